The van der Waals surface area contributed by atoms with Gasteiger partial charge in [-0.25, -0.2) is 0 Å². The minimum atomic E-state index is -0.885. The number of nitrogens with one attached hydrogen (secondary N) is 1. The van der Waals surface area contributed by atoms with Crippen molar-refractivity contribution in [1.82, 2.24) is 10.2 Å². The van der Waals surface area contributed by atoms with Crippen LogP contribution in [0.5, 0.6) is 0 Å². The SMILES string of the molecule is CCN(CC(=O)NC)C(=O)C1(C#N)CC(C)C1. The quantitative estimate of drug-likeness (QED) is 0.774. The summed E-state index contributed by atoms with van der Waals surface area (Å²) in [5.74, 6) is 0.00201. The Morgan fingerprint density at radius 2 is 2.12 bits per heavy atom. The van der Waals surface area contributed by atoms with Crippen LogP contribution in [0.1, 0.15) is 26.7 Å². The molecule has 0 atom stereocenters. The number of likely N-dealkylation sites (N-methyl/N-ethyl adjacent to an activating group) is 2. The predicted octanol–water partition coefficient (Wildman–Crippen LogP) is 0.521. The summed E-state index contributed by atoms with van der Waals surface area (Å²) < 4.78 is 0. The van der Waals surface area contributed by atoms with Crippen LogP contribution >= 0.6 is 0 Å². The van der Waals surface area contributed by atoms with Crippen molar-refractivity contribution in [2.45, 2.75) is 26.7 Å². The molecule has 1 fully saturated rings. The Labute approximate surface area is 102 Å². The summed E-state index contributed by atoms with van der Waals surface area (Å²) in [5, 5.41) is 11.6. The Morgan fingerprint density at radius 3 is 2.47 bits per heavy atom. The Hall–Kier alpha value is -1.57. The lowest BCUT2D eigenvalue weighted by molar-refractivity contribution is -0.147. The molecule has 1 aliphatic carbocycles. The average Bonchev–Trinajstić information content (AvgIpc) is 2.30. The number of carbonyl (C=O) groups is 2. The lowest BCUT2D eigenvalue weighted by Crippen LogP contribution is -2.52. The molecule has 0 bridgehead atoms. The highest BCUT2D eigenvalue weighted by atomic mass is 16.2. The summed E-state index contributed by atoms with van der Waals surface area (Å²) in [6, 6.07) is 2.13. The highest BCUT2D eigenvalue weighted by Crippen LogP contribution is 2.46. The van der Waals surface area contributed by atoms with Gasteiger partial charge >= 0.3 is 0 Å². The van der Waals surface area contributed by atoms with Crippen molar-refractivity contribution >= 4 is 11.8 Å². The molecule has 17 heavy (non-hydrogen) atoms. The Kier molecular flexibility index (Phi) is 4.11. The predicted molar refractivity (Wildman–Crippen MR) is 62.8 cm³/mol. The molecule has 2 amide bonds. The van der Waals surface area contributed by atoms with E-state index in [1.54, 1.807) is 0 Å². The molecule has 1 N–H and O–H groups in total. The van der Waals surface area contributed by atoms with Gasteiger partial charge in [0.15, 0.2) is 0 Å². The summed E-state index contributed by atoms with van der Waals surface area (Å²) in [5.41, 5.74) is -0.885. The fraction of sp³-hybridized carbons (Fsp3) is 0.750. The van der Waals surface area contributed by atoms with Gasteiger partial charge in [-0.05, 0) is 25.7 Å². The summed E-state index contributed by atoms with van der Waals surface area (Å²) in [7, 11) is 1.53. The van der Waals surface area contributed by atoms with Gasteiger partial charge in [-0.1, -0.05) is 6.92 Å². The molecule has 0 aromatic carbocycles. The first-order chi connectivity index (χ1) is 7.99. The third kappa shape index (κ3) is 2.57. The van der Waals surface area contributed by atoms with Gasteiger partial charge < -0.3 is 10.2 Å². The van der Waals surface area contributed by atoms with Gasteiger partial charge in [0.2, 0.25) is 11.8 Å². The minimum Gasteiger partial charge on any atom is -0.358 e. The van der Waals surface area contributed by atoms with Crippen LogP contribution in [0.2, 0.25) is 0 Å². The molecule has 0 aliphatic heterocycles. The molecular weight excluding hydrogens is 218 g/mol. The van der Waals surface area contributed by atoms with Crippen molar-refractivity contribution in [2.75, 3.05) is 20.1 Å². The van der Waals surface area contributed by atoms with E-state index in [0.29, 0.717) is 25.3 Å². The van der Waals surface area contributed by atoms with E-state index in [0.717, 1.165) is 0 Å². The number of nitrogens with zero attached hydrogens (tertiary/aromatic N) is 2. The molecule has 94 valence electrons. The van der Waals surface area contributed by atoms with Crippen molar-refractivity contribution in [3.63, 3.8) is 0 Å². The van der Waals surface area contributed by atoms with Crippen molar-refractivity contribution in [3.05, 3.63) is 0 Å². The number of amides is 2. The average molecular weight is 237 g/mol. The Morgan fingerprint density at radius 1 is 1.53 bits per heavy atom. The summed E-state index contributed by atoms with van der Waals surface area (Å²) in [6.45, 7) is 4.32. The number of carbonyl (C=O) groups excluding carboxylic acids is 2. The molecule has 0 heterocycles. The van der Waals surface area contributed by atoms with Crippen molar-refractivity contribution in [3.8, 4) is 6.07 Å². The van der Waals surface area contributed by atoms with Crippen LogP contribution in [-0.2, 0) is 9.59 Å². The first kappa shape index (κ1) is 13.5. The zero-order valence-electron chi connectivity index (χ0n) is 10.6. The number of hydrogen-bond donors (Lipinski definition) is 1. The van der Waals surface area contributed by atoms with Crippen molar-refractivity contribution in [1.29, 1.82) is 5.26 Å². The highest BCUT2D eigenvalue weighted by molar-refractivity contribution is 5.90. The third-order valence-corrected chi connectivity index (χ3v) is 3.30. The molecule has 0 unspecified atom stereocenters. The van der Waals surface area contributed by atoms with Gasteiger partial charge in [0, 0.05) is 13.6 Å². The fourth-order valence-electron chi connectivity index (χ4n) is 2.33. The molecule has 0 aromatic rings. The highest BCUT2D eigenvalue weighted by Gasteiger charge is 2.50. The maximum atomic E-state index is 12.2. The fourth-order valence-corrected chi connectivity index (χ4v) is 2.33. The van der Waals surface area contributed by atoms with Gasteiger partial charge in [-0.3, -0.25) is 9.59 Å². The van der Waals surface area contributed by atoms with Gasteiger partial charge in [-0.15, -0.1) is 0 Å². The normalized spacial score (nSPS) is 26.6. The first-order valence-corrected chi connectivity index (χ1v) is 5.90. The summed E-state index contributed by atoms with van der Waals surface area (Å²) in [6.07, 6.45) is 1.21. The lowest BCUT2D eigenvalue weighted by Gasteiger charge is -2.42. The Balaban J connectivity index is 2.73. The van der Waals surface area contributed by atoms with E-state index in [4.69, 9.17) is 5.26 Å². The maximum Gasteiger partial charge on any atom is 0.243 e. The summed E-state index contributed by atoms with van der Waals surface area (Å²) >= 11 is 0. The monoisotopic (exact) mass is 237 g/mol. The van der Waals surface area contributed by atoms with E-state index in [9.17, 15) is 9.59 Å². The van der Waals surface area contributed by atoms with Gasteiger partial charge in [-0.2, -0.15) is 5.26 Å². The van der Waals surface area contributed by atoms with Gasteiger partial charge in [0.05, 0.1) is 12.6 Å². The zero-order chi connectivity index (χ0) is 13.1. The van der Waals surface area contributed by atoms with Crippen LogP contribution in [0, 0.1) is 22.7 Å². The van der Waals surface area contributed by atoms with Gasteiger partial charge in [0.25, 0.3) is 0 Å². The minimum absolute atomic E-state index is 0.0314. The molecule has 0 radical (unpaired) electrons. The lowest BCUT2D eigenvalue weighted by atomic mass is 9.62. The molecule has 1 saturated carbocycles. The molecule has 0 spiro atoms. The third-order valence-electron chi connectivity index (χ3n) is 3.30. The molecular formula is C12H19N3O2. The van der Waals surface area contributed by atoms with Crippen molar-refractivity contribution < 1.29 is 9.59 Å². The number of rotatable bonds is 4. The second-order valence-electron chi connectivity index (χ2n) is 4.70. The van der Waals surface area contributed by atoms with Crippen molar-refractivity contribution in [2.24, 2.45) is 11.3 Å². The van der Waals surface area contributed by atoms with E-state index >= 15 is 0 Å². The standard InChI is InChI=1S/C12H19N3O2/c1-4-15(7-10(16)14-3)11(17)12(8-13)5-9(2)6-12/h9H,4-7H2,1-3H3,(H,14,16). The van der Waals surface area contributed by atoms with E-state index in [1.165, 1.54) is 11.9 Å². The van der Waals surface area contributed by atoms with Crippen LogP contribution < -0.4 is 5.32 Å². The first-order valence-electron chi connectivity index (χ1n) is 5.90. The van der Waals surface area contributed by atoms with Crippen LogP contribution in [-0.4, -0.2) is 36.9 Å². The zero-order valence-corrected chi connectivity index (χ0v) is 10.6. The Bertz CT molecular complexity index is 353. The molecule has 1 aliphatic rings. The topological polar surface area (TPSA) is 73.2 Å². The molecule has 5 nitrogen and oxygen atoms in total. The van der Waals surface area contributed by atoms with Crippen LogP contribution in [0.15, 0.2) is 0 Å². The molecule has 0 aromatic heterocycles. The largest absolute Gasteiger partial charge is 0.358 e. The second-order valence-corrected chi connectivity index (χ2v) is 4.70. The van der Waals surface area contributed by atoms with E-state index in [2.05, 4.69) is 11.4 Å². The van der Waals surface area contributed by atoms with Crippen LogP contribution in [0.25, 0.3) is 0 Å². The smallest absolute Gasteiger partial charge is 0.243 e. The van der Waals surface area contributed by atoms with E-state index in [1.807, 2.05) is 13.8 Å². The van der Waals surface area contributed by atoms with Crippen LogP contribution in [0.4, 0.5) is 0 Å². The molecule has 0 saturated heterocycles. The molecule has 1 rings (SSSR count). The summed E-state index contributed by atoms with van der Waals surface area (Å²) in [4.78, 5) is 25.0. The van der Waals surface area contributed by atoms with E-state index in [-0.39, 0.29) is 18.4 Å². The molecule has 5 heteroatoms. The number of nitriles is 1. The second kappa shape index (κ2) is 5.17. The van der Waals surface area contributed by atoms with Gasteiger partial charge in [0.1, 0.15) is 5.41 Å². The van der Waals surface area contributed by atoms with Crippen LogP contribution in [0.3, 0.4) is 0 Å². The number of hydrogen-bond acceptors (Lipinski definition) is 3. The maximum absolute atomic E-state index is 12.2. The van der Waals surface area contributed by atoms with E-state index < -0.39 is 5.41 Å².